The lowest BCUT2D eigenvalue weighted by atomic mass is 10.2. The van der Waals surface area contributed by atoms with E-state index in [1.54, 1.807) is 6.07 Å². The summed E-state index contributed by atoms with van der Waals surface area (Å²) in [6.45, 7) is 1.43. The number of hydrogen-bond acceptors (Lipinski definition) is 5. The monoisotopic (exact) mass is 442 g/mol. The Morgan fingerprint density at radius 3 is 3.00 bits per heavy atom. The fourth-order valence-electron chi connectivity index (χ4n) is 2.80. The molecule has 9 heteroatoms. The van der Waals surface area contributed by atoms with Crippen molar-refractivity contribution in [3.05, 3.63) is 39.9 Å². The highest BCUT2D eigenvalue weighted by atomic mass is 79.9. The van der Waals surface area contributed by atoms with E-state index in [9.17, 15) is 9.18 Å². The van der Waals surface area contributed by atoms with Crippen LogP contribution in [-0.4, -0.2) is 33.4 Å². The van der Waals surface area contributed by atoms with Gasteiger partial charge < -0.3 is 15.0 Å². The average Bonchev–Trinajstić information content (AvgIpc) is 3.23. The first-order valence-electron chi connectivity index (χ1n) is 8.41. The molecule has 1 amide bonds. The van der Waals surface area contributed by atoms with Crippen LogP contribution in [0, 0.1) is 5.82 Å². The third-order valence-electron chi connectivity index (χ3n) is 4.17. The Bertz CT molecular complexity index is 780. The van der Waals surface area contributed by atoms with E-state index < -0.39 is 0 Å². The fraction of sp³-hybridized carbons (Fsp3) is 0.471. The molecule has 0 saturated carbocycles. The number of carbonyl (C=O) groups excluding carboxylic acids is 1. The summed E-state index contributed by atoms with van der Waals surface area (Å²) >= 11 is 4.91. The van der Waals surface area contributed by atoms with Crippen molar-refractivity contribution < 1.29 is 13.9 Å². The van der Waals surface area contributed by atoms with Gasteiger partial charge in [-0.3, -0.25) is 4.79 Å². The zero-order valence-electron chi connectivity index (χ0n) is 14.2. The van der Waals surface area contributed by atoms with Gasteiger partial charge in [-0.15, -0.1) is 10.2 Å². The minimum Gasteiger partial charge on any atom is -0.376 e. The number of hydrogen-bond donors (Lipinski definition) is 1. The normalized spacial score (nSPS) is 16.9. The summed E-state index contributed by atoms with van der Waals surface area (Å²) in [4.78, 5) is 11.1. The topological polar surface area (TPSA) is 83.0 Å². The van der Waals surface area contributed by atoms with Gasteiger partial charge in [-0.2, -0.15) is 0 Å². The van der Waals surface area contributed by atoms with Crippen molar-refractivity contribution in [2.75, 3.05) is 6.61 Å². The molecule has 1 aliphatic rings. The van der Waals surface area contributed by atoms with Gasteiger partial charge in [0.15, 0.2) is 5.16 Å². The molecule has 2 aromatic rings. The molecule has 1 aliphatic heterocycles. The maximum Gasteiger partial charge on any atom is 0.217 e. The third-order valence-corrected chi connectivity index (χ3v) is 5.92. The standard InChI is InChI=1S/C17H20BrFN4O2S/c18-14-8-12(19)4-3-11(14)10-26-17-22-21-16(6-5-15(20)24)23(17)9-13-2-1-7-25-13/h3-4,8,13H,1-2,5-7,9-10H2,(H2,20,24). The van der Waals surface area contributed by atoms with E-state index in [0.29, 0.717) is 18.7 Å². The minimum absolute atomic E-state index is 0.134. The lowest BCUT2D eigenvalue weighted by Crippen LogP contribution is -2.19. The third kappa shape index (κ3) is 5.05. The van der Waals surface area contributed by atoms with Crippen LogP contribution in [0.15, 0.2) is 27.8 Å². The molecule has 1 unspecified atom stereocenters. The number of amides is 1. The molecule has 1 atom stereocenters. The minimum atomic E-state index is -0.360. The van der Waals surface area contributed by atoms with Gasteiger partial charge in [0, 0.05) is 29.7 Å². The number of rotatable bonds is 8. The second kappa shape index (κ2) is 8.96. The smallest absolute Gasteiger partial charge is 0.217 e. The van der Waals surface area contributed by atoms with Crippen LogP contribution in [0.2, 0.25) is 0 Å². The van der Waals surface area contributed by atoms with Crippen molar-refractivity contribution in [3.8, 4) is 0 Å². The zero-order valence-corrected chi connectivity index (χ0v) is 16.6. The van der Waals surface area contributed by atoms with Gasteiger partial charge in [0.1, 0.15) is 11.6 Å². The van der Waals surface area contributed by atoms with Crippen LogP contribution in [0.25, 0.3) is 0 Å². The van der Waals surface area contributed by atoms with Crippen LogP contribution in [-0.2, 0) is 28.2 Å². The molecule has 0 bridgehead atoms. The predicted octanol–water partition coefficient (Wildman–Crippen LogP) is 3.07. The van der Waals surface area contributed by atoms with E-state index in [1.165, 1.54) is 23.9 Å². The highest BCUT2D eigenvalue weighted by molar-refractivity contribution is 9.10. The molecule has 6 nitrogen and oxygen atoms in total. The first-order chi connectivity index (χ1) is 12.5. The molecule has 2 N–H and O–H groups in total. The summed E-state index contributed by atoms with van der Waals surface area (Å²) in [6, 6.07) is 4.64. The van der Waals surface area contributed by atoms with E-state index in [4.69, 9.17) is 10.5 Å². The molecule has 0 radical (unpaired) electrons. The number of halogens is 2. The molecule has 1 saturated heterocycles. The maximum atomic E-state index is 13.2. The SMILES string of the molecule is NC(=O)CCc1nnc(SCc2ccc(F)cc2Br)n1CC1CCCO1. The van der Waals surface area contributed by atoms with E-state index in [-0.39, 0.29) is 24.2 Å². The fourth-order valence-corrected chi connectivity index (χ4v) is 4.45. The number of nitrogens with two attached hydrogens (primary N) is 1. The number of nitrogens with zero attached hydrogens (tertiary/aromatic N) is 3. The summed E-state index contributed by atoms with van der Waals surface area (Å²) in [5, 5.41) is 9.27. The Morgan fingerprint density at radius 1 is 1.46 bits per heavy atom. The van der Waals surface area contributed by atoms with Crippen LogP contribution in [0.1, 0.15) is 30.7 Å². The Labute approximate surface area is 163 Å². The number of carbonyl (C=O) groups is 1. The molecule has 1 aromatic carbocycles. The number of benzene rings is 1. The van der Waals surface area contributed by atoms with Crippen molar-refractivity contribution in [3.63, 3.8) is 0 Å². The number of aryl methyl sites for hydroxylation is 1. The quantitative estimate of drug-likeness (QED) is 0.635. The van der Waals surface area contributed by atoms with Crippen LogP contribution in [0.5, 0.6) is 0 Å². The van der Waals surface area contributed by atoms with Gasteiger partial charge >= 0.3 is 0 Å². The Morgan fingerprint density at radius 2 is 2.31 bits per heavy atom. The van der Waals surface area contributed by atoms with E-state index in [2.05, 4.69) is 26.1 Å². The maximum absolute atomic E-state index is 13.2. The predicted molar refractivity (Wildman–Crippen MR) is 100 cm³/mol. The van der Waals surface area contributed by atoms with Crippen molar-refractivity contribution in [2.45, 2.75) is 49.2 Å². The lowest BCUT2D eigenvalue weighted by Gasteiger charge is -2.14. The summed E-state index contributed by atoms with van der Waals surface area (Å²) in [5.41, 5.74) is 6.24. The number of primary amides is 1. The highest BCUT2D eigenvalue weighted by Gasteiger charge is 2.21. The van der Waals surface area contributed by atoms with E-state index in [0.717, 1.165) is 40.5 Å². The van der Waals surface area contributed by atoms with E-state index in [1.807, 2.05) is 4.57 Å². The Kier molecular flexibility index (Phi) is 6.66. The molecule has 140 valence electrons. The largest absolute Gasteiger partial charge is 0.376 e. The van der Waals surface area contributed by atoms with Crippen LogP contribution in [0.3, 0.4) is 0 Å². The van der Waals surface area contributed by atoms with Gasteiger partial charge in [-0.25, -0.2) is 4.39 Å². The molecule has 1 fully saturated rings. The Hall–Kier alpha value is -1.45. The average molecular weight is 443 g/mol. The summed E-state index contributed by atoms with van der Waals surface area (Å²) < 4.78 is 21.7. The summed E-state index contributed by atoms with van der Waals surface area (Å²) in [6.07, 6.45) is 2.87. The van der Waals surface area contributed by atoms with E-state index >= 15 is 0 Å². The summed E-state index contributed by atoms with van der Waals surface area (Å²) in [7, 11) is 0. The molecule has 26 heavy (non-hydrogen) atoms. The highest BCUT2D eigenvalue weighted by Crippen LogP contribution is 2.28. The van der Waals surface area contributed by atoms with Crippen molar-refractivity contribution >= 4 is 33.6 Å². The molecule has 3 rings (SSSR count). The number of aromatic nitrogens is 3. The van der Waals surface area contributed by atoms with Gasteiger partial charge in [0.05, 0.1) is 12.6 Å². The lowest BCUT2D eigenvalue weighted by molar-refractivity contribution is -0.118. The Balaban J connectivity index is 1.74. The van der Waals surface area contributed by atoms with Gasteiger partial charge in [-0.05, 0) is 30.5 Å². The second-order valence-electron chi connectivity index (χ2n) is 6.14. The van der Waals surface area contributed by atoms with Crippen LogP contribution >= 0.6 is 27.7 Å². The number of ether oxygens (including phenoxy) is 1. The molecule has 0 aliphatic carbocycles. The number of thioether (sulfide) groups is 1. The van der Waals surface area contributed by atoms with Gasteiger partial charge in [-0.1, -0.05) is 33.8 Å². The van der Waals surface area contributed by atoms with Crippen LogP contribution in [0.4, 0.5) is 4.39 Å². The molecule has 2 heterocycles. The van der Waals surface area contributed by atoms with Gasteiger partial charge in [0.2, 0.25) is 5.91 Å². The van der Waals surface area contributed by atoms with Crippen molar-refractivity contribution in [2.24, 2.45) is 5.73 Å². The molecular weight excluding hydrogens is 423 g/mol. The molecule has 0 spiro atoms. The second-order valence-corrected chi connectivity index (χ2v) is 7.93. The van der Waals surface area contributed by atoms with Crippen LogP contribution < -0.4 is 5.73 Å². The van der Waals surface area contributed by atoms with Crippen molar-refractivity contribution in [1.29, 1.82) is 0 Å². The van der Waals surface area contributed by atoms with Crippen molar-refractivity contribution in [1.82, 2.24) is 14.8 Å². The summed E-state index contributed by atoms with van der Waals surface area (Å²) in [5.74, 6) is 0.724. The first kappa shape index (κ1) is 19.3. The molecular formula is C17H20BrFN4O2S. The molecule has 1 aromatic heterocycles. The van der Waals surface area contributed by atoms with Gasteiger partial charge in [0.25, 0.3) is 0 Å². The first-order valence-corrected chi connectivity index (χ1v) is 10.2. The zero-order chi connectivity index (χ0) is 18.5.